The van der Waals surface area contributed by atoms with E-state index < -0.39 is 11.8 Å². The van der Waals surface area contributed by atoms with Crippen molar-refractivity contribution in [3.8, 4) is 0 Å². The molecule has 2 N–H and O–H groups in total. The first kappa shape index (κ1) is 10.5. The molecular weight excluding hydrogens is 185 g/mol. The number of anilines is 1. The number of halogens is 1. The average Bonchev–Trinajstić information content (AvgIpc) is 2.12. The lowest BCUT2D eigenvalue weighted by atomic mass is 10.3. The normalized spacial score (nSPS) is 9.79. The van der Waals surface area contributed by atoms with Crippen LogP contribution in [0.3, 0.4) is 0 Å². The fraction of sp³-hybridized carbons (Fsp3) is 0.300. The highest BCUT2D eigenvalue weighted by Gasteiger charge is 1.97. The van der Waals surface area contributed by atoms with Gasteiger partial charge in [0.1, 0.15) is 5.82 Å². The van der Waals surface area contributed by atoms with Gasteiger partial charge in [-0.3, -0.25) is 4.79 Å². The summed E-state index contributed by atoms with van der Waals surface area (Å²) < 4.78 is 12.6. The van der Waals surface area contributed by atoms with Crippen molar-refractivity contribution in [3.63, 3.8) is 0 Å². The van der Waals surface area contributed by atoms with Gasteiger partial charge in [0.25, 0.3) is 0 Å². The number of carboxylic acid groups (broad SMARTS) is 1. The van der Waals surface area contributed by atoms with Gasteiger partial charge in [0.15, 0.2) is 0 Å². The standard InChI is InChI=1S/C10H11FNO2/c11-8-3-1-4-9(7-8)12-6-2-5-10(13)14/h1,4,7,12H,2,5-6H2,(H,13,14). The summed E-state index contributed by atoms with van der Waals surface area (Å²) in [5, 5.41) is 11.3. The van der Waals surface area contributed by atoms with Crippen LogP contribution >= 0.6 is 0 Å². The summed E-state index contributed by atoms with van der Waals surface area (Å²) in [4.78, 5) is 10.2. The van der Waals surface area contributed by atoms with Crippen molar-refractivity contribution in [2.24, 2.45) is 0 Å². The first-order chi connectivity index (χ1) is 6.68. The molecule has 0 bridgehead atoms. The summed E-state index contributed by atoms with van der Waals surface area (Å²) >= 11 is 0. The third-order valence-electron chi connectivity index (χ3n) is 1.66. The summed E-state index contributed by atoms with van der Waals surface area (Å²) in [7, 11) is 0. The highest BCUT2D eigenvalue weighted by molar-refractivity contribution is 5.66. The molecule has 0 saturated heterocycles. The van der Waals surface area contributed by atoms with E-state index in [1.165, 1.54) is 12.1 Å². The molecule has 1 rings (SSSR count). The first-order valence-electron chi connectivity index (χ1n) is 4.31. The predicted molar refractivity (Wildman–Crippen MR) is 50.6 cm³/mol. The molecule has 0 fully saturated rings. The molecule has 0 spiro atoms. The summed E-state index contributed by atoms with van der Waals surface area (Å²) in [5.74, 6) is -1.24. The molecule has 0 aliphatic rings. The number of aliphatic carboxylic acids is 1. The van der Waals surface area contributed by atoms with Crippen molar-refractivity contribution >= 4 is 11.7 Å². The van der Waals surface area contributed by atoms with Gasteiger partial charge in [-0.25, -0.2) is 4.39 Å². The van der Waals surface area contributed by atoms with Crippen LogP contribution in [0.2, 0.25) is 0 Å². The number of carboxylic acids is 1. The van der Waals surface area contributed by atoms with E-state index >= 15 is 0 Å². The molecule has 0 atom stereocenters. The van der Waals surface area contributed by atoms with Gasteiger partial charge in [-0.05, 0) is 24.6 Å². The molecule has 3 nitrogen and oxygen atoms in total. The Hall–Kier alpha value is -1.58. The molecule has 1 radical (unpaired) electrons. The molecule has 0 unspecified atom stereocenters. The van der Waals surface area contributed by atoms with Crippen molar-refractivity contribution in [2.75, 3.05) is 11.9 Å². The molecule has 0 amide bonds. The Bertz CT molecular complexity index is 315. The number of carbonyl (C=O) groups is 1. The van der Waals surface area contributed by atoms with Crippen LogP contribution in [0.15, 0.2) is 18.2 Å². The maximum absolute atomic E-state index is 12.6. The predicted octanol–water partition coefficient (Wildman–Crippen LogP) is 1.90. The molecule has 0 heterocycles. The maximum atomic E-state index is 12.6. The Morgan fingerprint density at radius 3 is 3.07 bits per heavy atom. The van der Waals surface area contributed by atoms with E-state index in [9.17, 15) is 9.18 Å². The second-order valence-electron chi connectivity index (χ2n) is 2.85. The van der Waals surface area contributed by atoms with Crippen molar-refractivity contribution in [2.45, 2.75) is 12.8 Å². The van der Waals surface area contributed by atoms with Crippen LogP contribution in [0, 0.1) is 11.9 Å². The van der Waals surface area contributed by atoms with E-state index in [1.54, 1.807) is 6.07 Å². The fourth-order valence-electron chi connectivity index (χ4n) is 1.02. The minimum absolute atomic E-state index is 0.119. The first-order valence-corrected chi connectivity index (χ1v) is 4.31. The second-order valence-corrected chi connectivity index (χ2v) is 2.85. The summed E-state index contributed by atoms with van der Waals surface area (Å²) in [6.07, 6.45) is 0.643. The molecule has 75 valence electrons. The van der Waals surface area contributed by atoms with E-state index in [1.807, 2.05) is 0 Å². The molecule has 0 aliphatic heterocycles. The molecule has 0 aromatic heterocycles. The number of nitrogens with one attached hydrogen (secondary N) is 1. The minimum atomic E-state index is -0.820. The van der Waals surface area contributed by atoms with E-state index in [-0.39, 0.29) is 6.42 Å². The van der Waals surface area contributed by atoms with Crippen molar-refractivity contribution in [3.05, 3.63) is 30.1 Å². The topological polar surface area (TPSA) is 49.3 Å². The van der Waals surface area contributed by atoms with Crippen molar-refractivity contribution in [1.29, 1.82) is 0 Å². The van der Waals surface area contributed by atoms with Gasteiger partial charge in [0.05, 0.1) is 0 Å². The molecule has 0 aliphatic carbocycles. The van der Waals surface area contributed by atoms with Crippen molar-refractivity contribution < 1.29 is 14.3 Å². The van der Waals surface area contributed by atoms with E-state index in [2.05, 4.69) is 11.4 Å². The molecule has 1 aromatic carbocycles. The summed E-state index contributed by atoms with van der Waals surface area (Å²) in [6, 6.07) is 6.87. The van der Waals surface area contributed by atoms with Crippen LogP contribution in [-0.2, 0) is 4.79 Å². The third-order valence-corrected chi connectivity index (χ3v) is 1.66. The smallest absolute Gasteiger partial charge is 0.303 e. The van der Waals surface area contributed by atoms with Gasteiger partial charge in [-0.1, -0.05) is 0 Å². The van der Waals surface area contributed by atoms with E-state index in [0.717, 1.165) is 0 Å². The van der Waals surface area contributed by atoms with Gasteiger partial charge < -0.3 is 10.4 Å². The summed E-state index contributed by atoms with van der Waals surface area (Å²) in [6.45, 7) is 0.524. The lowest BCUT2D eigenvalue weighted by Gasteiger charge is -2.04. The zero-order valence-electron chi connectivity index (χ0n) is 7.59. The van der Waals surface area contributed by atoms with Crippen LogP contribution in [-0.4, -0.2) is 17.6 Å². The number of benzene rings is 1. The lowest BCUT2D eigenvalue weighted by Crippen LogP contribution is -2.04. The Kier molecular flexibility index (Phi) is 3.91. The molecule has 14 heavy (non-hydrogen) atoms. The van der Waals surface area contributed by atoms with Crippen LogP contribution in [0.5, 0.6) is 0 Å². The summed E-state index contributed by atoms with van der Waals surface area (Å²) in [5.41, 5.74) is 0.645. The molecular formula is C10H11FNO2. The third kappa shape index (κ3) is 3.89. The SMILES string of the molecule is O=C(O)CCCNc1cc[c]c(F)c1. The van der Waals surface area contributed by atoms with E-state index in [4.69, 9.17) is 5.11 Å². The Balaban J connectivity index is 2.28. The number of hydrogen-bond donors (Lipinski definition) is 2. The highest BCUT2D eigenvalue weighted by Crippen LogP contribution is 2.08. The van der Waals surface area contributed by atoms with Crippen molar-refractivity contribution in [1.82, 2.24) is 0 Å². The quantitative estimate of drug-likeness (QED) is 0.707. The molecule has 4 heteroatoms. The molecule has 1 aromatic rings. The van der Waals surface area contributed by atoms with Crippen LogP contribution in [0.1, 0.15) is 12.8 Å². The molecule has 0 saturated carbocycles. The number of rotatable bonds is 5. The zero-order valence-corrected chi connectivity index (χ0v) is 7.59. The van der Waals surface area contributed by atoms with Gasteiger partial charge in [-0.15, -0.1) is 0 Å². The largest absolute Gasteiger partial charge is 0.481 e. The zero-order chi connectivity index (χ0) is 10.4. The maximum Gasteiger partial charge on any atom is 0.303 e. The van der Waals surface area contributed by atoms with Gasteiger partial charge >= 0.3 is 5.97 Å². The monoisotopic (exact) mass is 196 g/mol. The van der Waals surface area contributed by atoms with Crippen LogP contribution in [0.4, 0.5) is 10.1 Å². The fourth-order valence-corrected chi connectivity index (χ4v) is 1.02. The number of hydrogen-bond acceptors (Lipinski definition) is 2. The van der Waals surface area contributed by atoms with E-state index in [0.29, 0.717) is 18.7 Å². The Morgan fingerprint density at radius 1 is 1.64 bits per heavy atom. The Labute approximate surface area is 81.6 Å². The Morgan fingerprint density at radius 2 is 2.43 bits per heavy atom. The van der Waals surface area contributed by atoms with Gasteiger partial charge in [0, 0.05) is 24.7 Å². The minimum Gasteiger partial charge on any atom is -0.481 e. The average molecular weight is 196 g/mol. The lowest BCUT2D eigenvalue weighted by molar-refractivity contribution is -0.137. The van der Waals surface area contributed by atoms with Crippen LogP contribution < -0.4 is 5.32 Å². The van der Waals surface area contributed by atoms with Gasteiger partial charge in [0.2, 0.25) is 0 Å². The van der Waals surface area contributed by atoms with Gasteiger partial charge in [-0.2, -0.15) is 0 Å². The highest BCUT2D eigenvalue weighted by atomic mass is 19.1. The second kappa shape index (κ2) is 5.21. The van der Waals surface area contributed by atoms with Crippen LogP contribution in [0.25, 0.3) is 0 Å².